The van der Waals surface area contributed by atoms with E-state index >= 15 is 0 Å². The van der Waals surface area contributed by atoms with E-state index in [9.17, 15) is 9.59 Å². The maximum absolute atomic E-state index is 11.2. The Morgan fingerprint density at radius 3 is 2.71 bits per heavy atom. The van der Waals surface area contributed by atoms with Crippen molar-refractivity contribution >= 4 is 23.5 Å². The van der Waals surface area contributed by atoms with Crippen molar-refractivity contribution in [3.63, 3.8) is 0 Å². The smallest absolute Gasteiger partial charge is 0.322 e. The standard InChI is InChI=1S/C8H7ClN2O3/c9-6-2-1-5(3-10-6)8(14)11-4-7(12)13/h1-3H,4H2,(H,11,14)(H,12,13). The lowest BCUT2D eigenvalue weighted by Gasteiger charge is -2.00. The number of nitrogens with one attached hydrogen (secondary N) is 1. The van der Waals surface area contributed by atoms with Gasteiger partial charge in [-0.05, 0) is 12.1 Å². The minimum absolute atomic E-state index is 0.274. The molecule has 6 heteroatoms. The van der Waals surface area contributed by atoms with Crippen LogP contribution < -0.4 is 5.32 Å². The topological polar surface area (TPSA) is 79.3 Å². The number of halogens is 1. The number of aliphatic carboxylic acids is 1. The Hall–Kier alpha value is -1.62. The highest BCUT2D eigenvalue weighted by molar-refractivity contribution is 6.29. The van der Waals surface area contributed by atoms with Crippen molar-refractivity contribution in [3.05, 3.63) is 29.0 Å². The first-order chi connectivity index (χ1) is 6.59. The van der Waals surface area contributed by atoms with E-state index in [0.717, 1.165) is 0 Å². The molecule has 1 heterocycles. The number of hydrogen-bond acceptors (Lipinski definition) is 3. The van der Waals surface area contributed by atoms with Gasteiger partial charge >= 0.3 is 5.97 Å². The summed E-state index contributed by atoms with van der Waals surface area (Å²) in [5.74, 6) is -1.59. The molecule has 0 bridgehead atoms. The number of pyridine rings is 1. The summed E-state index contributed by atoms with van der Waals surface area (Å²) in [5, 5.41) is 10.8. The summed E-state index contributed by atoms with van der Waals surface area (Å²) in [6.45, 7) is -0.415. The molecule has 0 atom stereocenters. The second-order valence-corrected chi connectivity index (χ2v) is 2.83. The van der Waals surface area contributed by atoms with Gasteiger partial charge in [0, 0.05) is 6.20 Å². The number of carboxylic acid groups (broad SMARTS) is 1. The van der Waals surface area contributed by atoms with E-state index in [1.165, 1.54) is 18.3 Å². The SMILES string of the molecule is O=C(O)CNC(=O)c1ccc(Cl)nc1. The van der Waals surface area contributed by atoms with Gasteiger partial charge < -0.3 is 10.4 Å². The third kappa shape index (κ3) is 3.02. The Labute approximate surface area is 84.7 Å². The highest BCUT2D eigenvalue weighted by Gasteiger charge is 2.06. The summed E-state index contributed by atoms with van der Waals surface area (Å²) in [6, 6.07) is 2.92. The van der Waals surface area contributed by atoms with Crippen LogP contribution >= 0.6 is 11.6 Å². The fourth-order valence-corrected chi connectivity index (χ4v) is 0.880. The van der Waals surface area contributed by atoms with Gasteiger partial charge in [-0.15, -0.1) is 0 Å². The van der Waals surface area contributed by atoms with Crippen molar-refractivity contribution in [2.24, 2.45) is 0 Å². The van der Waals surface area contributed by atoms with Crippen LogP contribution in [0.15, 0.2) is 18.3 Å². The first-order valence-electron chi connectivity index (χ1n) is 3.71. The second-order valence-electron chi connectivity index (χ2n) is 2.45. The highest BCUT2D eigenvalue weighted by atomic mass is 35.5. The zero-order valence-corrected chi connectivity index (χ0v) is 7.78. The molecule has 0 saturated carbocycles. The van der Waals surface area contributed by atoms with Crippen LogP contribution in [-0.2, 0) is 4.79 Å². The number of amides is 1. The van der Waals surface area contributed by atoms with Crippen LogP contribution in [0.4, 0.5) is 0 Å². The van der Waals surface area contributed by atoms with Crippen molar-refractivity contribution in [3.8, 4) is 0 Å². The van der Waals surface area contributed by atoms with E-state index in [1.54, 1.807) is 0 Å². The molecule has 74 valence electrons. The largest absolute Gasteiger partial charge is 0.480 e. The Kier molecular flexibility index (Phi) is 3.41. The Bertz CT molecular complexity index is 350. The zero-order chi connectivity index (χ0) is 10.6. The van der Waals surface area contributed by atoms with Gasteiger partial charge in [-0.2, -0.15) is 0 Å². The summed E-state index contributed by atoms with van der Waals surface area (Å²) < 4.78 is 0. The summed E-state index contributed by atoms with van der Waals surface area (Å²) >= 11 is 5.51. The lowest BCUT2D eigenvalue weighted by atomic mass is 10.3. The molecule has 0 spiro atoms. The van der Waals surface area contributed by atoms with Crippen LogP contribution in [-0.4, -0.2) is 28.5 Å². The molecule has 1 aromatic rings. The van der Waals surface area contributed by atoms with Gasteiger partial charge in [-0.1, -0.05) is 11.6 Å². The normalized spacial score (nSPS) is 9.50. The molecule has 0 fully saturated rings. The molecule has 0 unspecified atom stereocenters. The number of hydrogen-bond donors (Lipinski definition) is 2. The van der Waals surface area contributed by atoms with Crippen LogP contribution in [0.25, 0.3) is 0 Å². The molecule has 0 aliphatic rings. The molecule has 14 heavy (non-hydrogen) atoms. The van der Waals surface area contributed by atoms with Crippen molar-refractivity contribution < 1.29 is 14.7 Å². The van der Waals surface area contributed by atoms with Gasteiger partial charge in [-0.25, -0.2) is 4.98 Å². The average molecular weight is 215 g/mol. The number of rotatable bonds is 3. The molecule has 2 N–H and O–H groups in total. The predicted octanol–water partition coefficient (Wildman–Crippen LogP) is 0.549. The molecule has 5 nitrogen and oxygen atoms in total. The van der Waals surface area contributed by atoms with Crippen LogP contribution in [0.3, 0.4) is 0 Å². The Morgan fingerprint density at radius 2 is 2.21 bits per heavy atom. The molecule has 1 amide bonds. The predicted molar refractivity (Wildman–Crippen MR) is 49.2 cm³/mol. The Balaban J connectivity index is 2.61. The van der Waals surface area contributed by atoms with E-state index in [4.69, 9.17) is 16.7 Å². The van der Waals surface area contributed by atoms with Crippen molar-refractivity contribution in [1.82, 2.24) is 10.3 Å². The lowest BCUT2D eigenvalue weighted by Crippen LogP contribution is -2.29. The number of carbonyl (C=O) groups excluding carboxylic acids is 1. The first kappa shape index (κ1) is 10.5. The monoisotopic (exact) mass is 214 g/mol. The molecular formula is C8H7ClN2O3. The van der Waals surface area contributed by atoms with E-state index < -0.39 is 18.4 Å². The number of carbonyl (C=O) groups is 2. The van der Waals surface area contributed by atoms with E-state index in [0.29, 0.717) is 0 Å². The second kappa shape index (κ2) is 4.57. The van der Waals surface area contributed by atoms with E-state index in [-0.39, 0.29) is 10.7 Å². The van der Waals surface area contributed by atoms with Crippen LogP contribution in [0.5, 0.6) is 0 Å². The third-order valence-electron chi connectivity index (χ3n) is 1.39. The molecule has 0 saturated heterocycles. The van der Waals surface area contributed by atoms with Crippen LogP contribution in [0, 0.1) is 0 Å². The molecular weight excluding hydrogens is 208 g/mol. The number of aromatic nitrogens is 1. The van der Waals surface area contributed by atoms with Crippen molar-refractivity contribution in [2.75, 3.05) is 6.54 Å². The van der Waals surface area contributed by atoms with Gasteiger partial charge in [0.05, 0.1) is 5.56 Å². The van der Waals surface area contributed by atoms with E-state index in [1.807, 2.05) is 0 Å². The van der Waals surface area contributed by atoms with Crippen LogP contribution in [0.2, 0.25) is 5.15 Å². The number of carboxylic acids is 1. The van der Waals surface area contributed by atoms with Crippen LogP contribution in [0.1, 0.15) is 10.4 Å². The van der Waals surface area contributed by atoms with Gasteiger partial charge in [0.1, 0.15) is 11.7 Å². The van der Waals surface area contributed by atoms with Gasteiger partial charge in [-0.3, -0.25) is 9.59 Å². The maximum Gasteiger partial charge on any atom is 0.322 e. The van der Waals surface area contributed by atoms with Crippen molar-refractivity contribution in [2.45, 2.75) is 0 Å². The fraction of sp³-hybridized carbons (Fsp3) is 0.125. The first-order valence-corrected chi connectivity index (χ1v) is 4.09. The van der Waals surface area contributed by atoms with Gasteiger partial charge in [0.15, 0.2) is 0 Å². The molecule has 1 rings (SSSR count). The highest BCUT2D eigenvalue weighted by Crippen LogP contribution is 2.04. The Morgan fingerprint density at radius 1 is 1.50 bits per heavy atom. The maximum atomic E-state index is 11.2. The minimum atomic E-state index is -1.10. The average Bonchev–Trinajstić information content (AvgIpc) is 2.15. The number of nitrogens with zero attached hydrogens (tertiary/aromatic N) is 1. The van der Waals surface area contributed by atoms with Crippen molar-refractivity contribution in [1.29, 1.82) is 0 Å². The summed E-state index contributed by atoms with van der Waals surface area (Å²) in [7, 11) is 0. The fourth-order valence-electron chi connectivity index (χ4n) is 0.768. The third-order valence-corrected chi connectivity index (χ3v) is 1.61. The van der Waals surface area contributed by atoms with Gasteiger partial charge in [0.2, 0.25) is 0 Å². The zero-order valence-electron chi connectivity index (χ0n) is 7.03. The quantitative estimate of drug-likeness (QED) is 0.721. The van der Waals surface area contributed by atoms with E-state index in [2.05, 4.69) is 10.3 Å². The molecule has 1 aromatic heterocycles. The summed E-state index contributed by atoms with van der Waals surface area (Å²) in [5.41, 5.74) is 0.274. The molecule has 0 aliphatic carbocycles. The molecule has 0 radical (unpaired) electrons. The summed E-state index contributed by atoms with van der Waals surface area (Å²) in [4.78, 5) is 25.0. The molecule has 0 aromatic carbocycles. The summed E-state index contributed by atoms with van der Waals surface area (Å²) in [6.07, 6.45) is 1.28. The van der Waals surface area contributed by atoms with Gasteiger partial charge in [0.25, 0.3) is 5.91 Å². The minimum Gasteiger partial charge on any atom is -0.480 e. The lowest BCUT2D eigenvalue weighted by molar-refractivity contribution is -0.135. The molecule has 0 aliphatic heterocycles.